The molecule has 0 aliphatic heterocycles. The number of benzene rings is 1. The molecule has 19 heavy (non-hydrogen) atoms. The fourth-order valence-electron chi connectivity index (χ4n) is 1.55. The first kappa shape index (κ1) is 14.0. The minimum Gasteiger partial charge on any atom is -0.461 e. The molecule has 1 aromatic heterocycles. The Morgan fingerprint density at radius 2 is 2.32 bits per heavy atom. The van der Waals surface area contributed by atoms with Crippen LogP contribution in [0, 0.1) is 6.92 Å². The molecule has 2 aromatic rings. The van der Waals surface area contributed by atoms with E-state index in [2.05, 4.69) is 26.2 Å². The molecule has 0 bridgehead atoms. The molecule has 1 heterocycles. The third kappa shape index (κ3) is 3.13. The zero-order valence-corrected chi connectivity index (χ0v) is 13.0. The number of ether oxygens (including phenoxy) is 1. The van der Waals surface area contributed by atoms with E-state index in [-0.39, 0.29) is 0 Å². The quantitative estimate of drug-likeness (QED) is 0.850. The molecule has 0 aliphatic rings. The van der Waals surface area contributed by atoms with E-state index in [1.807, 2.05) is 25.1 Å². The lowest BCUT2D eigenvalue weighted by atomic mass is 10.2. The third-order valence-corrected chi connectivity index (χ3v) is 4.27. The number of esters is 1. The summed E-state index contributed by atoms with van der Waals surface area (Å²) in [5.74, 6) is -0.407. The van der Waals surface area contributed by atoms with E-state index in [9.17, 15) is 4.79 Å². The van der Waals surface area contributed by atoms with Crippen LogP contribution in [0.1, 0.15) is 23.0 Å². The summed E-state index contributed by atoms with van der Waals surface area (Å²) in [7, 11) is 0. The lowest BCUT2D eigenvalue weighted by Gasteiger charge is -2.09. The van der Waals surface area contributed by atoms with Gasteiger partial charge in [-0.25, -0.2) is 9.78 Å². The van der Waals surface area contributed by atoms with Crippen LogP contribution >= 0.6 is 27.3 Å². The fourth-order valence-corrected chi connectivity index (χ4v) is 2.59. The van der Waals surface area contributed by atoms with Gasteiger partial charge >= 0.3 is 5.97 Å². The average molecular weight is 341 g/mol. The van der Waals surface area contributed by atoms with Crippen molar-refractivity contribution in [1.29, 1.82) is 0 Å². The van der Waals surface area contributed by atoms with Gasteiger partial charge in [-0.2, -0.15) is 0 Å². The normalized spacial score (nSPS) is 10.3. The molecule has 0 fully saturated rings. The average Bonchev–Trinajstić information content (AvgIpc) is 2.83. The molecule has 0 amide bonds. The standard InChI is InChI=1S/C13H13BrN2O2S/c1-3-18-13(17)11-12(19-7-15-11)16-9-6-4-5-8(2)10(9)14/h4-7,16H,3H2,1-2H3. The Morgan fingerprint density at radius 3 is 3.05 bits per heavy atom. The molecule has 0 aliphatic carbocycles. The Kier molecular flexibility index (Phi) is 4.55. The summed E-state index contributed by atoms with van der Waals surface area (Å²) < 4.78 is 5.94. The number of hydrogen-bond donors (Lipinski definition) is 1. The van der Waals surface area contributed by atoms with E-state index in [0.717, 1.165) is 15.7 Å². The number of aryl methyl sites for hydroxylation is 1. The van der Waals surface area contributed by atoms with Crippen molar-refractivity contribution in [2.24, 2.45) is 0 Å². The van der Waals surface area contributed by atoms with Gasteiger partial charge in [0.1, 0.15) is 5.00 Å². The third-order valence-electron chi connectivity index (χ3n) is 2.48. The molecule has 0 spiro atoms. The Morgan fingerprint density at radius 1 is 1.53 bits per heavy atom. The van der Waals surface area contributed by atoms with Gasteiger partial charge in [0.25, 0.3) is 0 Å². The van der Waals surface area contributed by atoms with E-state index >= 15 is 0 Å². The second kappa shape index (κ2) is 6.16. The van der Waals surface area contributed by atoms with E-state index in [0.29, 0.717) is 17.3 Å². The summed E-state index contributed by atoms with van der Waals surface area (Å²) in [6, 6.07) is 5.90. The summed E-state index contributed by atoms with van der Waals surface area (Å²) in [6.45, 7) is 4.12. The molecule has 0 atom stereocenters. The predicted octanol–water partition coefficient (Wildman–Crippen LogP) is 4.13. The topological polar surface area (TPSA) is 51.2 Å². The molecular formula is C13H13BrN2O2S. The predicted molar refractivity (Wildman–Crippen MR) is 80.2 cm³/mol. The number of carbonyl (C=O) groups is 1. The number of rotatable bonds is 4. The van der Waals surface area contributed by atoms with Gasteiger partial charge in [-0.3, -0.25) is 0 Å². The van der Waals surface area contributed by atoms with Gasteiger partial charge < -0.3 is 10.1 Å². The Balaban J connectivity index is 2.27. The van der Waals surface area contributed by atoms with Crippen LogP contribution in [0.2, 0.25) is 0 Å². The highest BCUT2D eigenvalue weighted by Crippen LogP contribution is 2.31. The van der Waals surface area contributed by atoms with Crippen LogP contribution in [0.5, 0.6) is 0 Å². The van der Waals surface area contributed by atoms with Crippen molar-refractivity contribution in [1.82, 2.24) is 4.98 Å². The molecule has 0 saturated carbocycles. The number of nitrogens with one attached hydrogen (secondary N) is 1. The van der Waals surface area contributed by atoms with Crippen LogP contribution in [0.15, 0.2) is 28.2 Å². The van der Waals surface area contributed by atoms with Crippen LogP contribution in [0.4, 0.5) is 10.7 Å². The maximum Gasteiger partial charge on any atom is 0.360 e. The zero-order chi connectivity index (χ0) is 13.8. The van der Waals surface area contributed by atoms with Gasteiger partial charge in [-0.05, 0) is 41.4 Å². The molecule has 1 aromatic carbocycles. The van der Waals surface area contributed by atoms with Crippen molar-refractivity contribution in [2.75, 3.05) is 11.9 Å². The molecule has 1 N–H and O–H groups in total. The second-order valence-corrected chi connectivity index (χ2v) is 5.46. The molecule has 0 unspecified atom stereocenters. The van der Waals surface area contributed by atoms with Gasteiger partial charge in [-0.1, -0.05) is 12.1 Å². The van der Waals surface area contributed by atoms with E-state index in [1.165, 1.54) is 11.3 Å². The number of nitrogens with zero attached hydrogens (tertiary/aromatic N) is 1. The van der Waals surface area contributed by atoms with Crippen LogP contribution < -0.4 is 5.32 Å². The zero-order valence-electron chi connectivity index (χ0n) is 10.6. The number of halogens is 1. The van der Waals surface area contributed by atoms with Gasteiger partial charge in [0.2, 0.25) is 0 Å². The molecule has 2 rings (SSSR count). The summed E-state index contributed by atoms with van der Waals surface area (Å²) in [4.78, 5) is 15.8. The van der Waals surface area contributed by atoms with Gasteiger partial charge in [0, 0.05) is 4.47 Å². The smallest absolute Gasteiger partial charge is 0.360 e. The van der Waals surface area contributed by atoms with Gasteiger partial charge in [0.05, 0.1) is 17.8 Å². The second-order valence-electron chi connectivity index (χ2n) is 3.81. The molecular weight excluding hydrogens is 328 g/mol. The molecule has 4 nitrogen and oxygen atoms in total. The molecule has 100 valence electrons. The fraction of sp³-hybridized carbons (Fsp3) is 0.231. The van der Waals surface area contributed by atoms with Crippen molar-refractivity contribution in [3.05, 3.63) is 39.4 Å². The largest absolute Gasteiger partial charge is 0.461 e. The molecule has 0 radical (unpaired) electrons. The minimum absolute atomic E-state index is 0.320. The lowest BCUT2D eigenvalue weighted by molar-refractivity contribution is 0.0521. The van der Waals surface area contributed by atoms with Crippen LogP contribution in [0.3, 0.4) is 0 Å². The van der Waals surface area contributed by atoms with Crippen molar-refractivity contribution in [3.8, 4) is 0 Å². The van der Waals surface area contributed by atoms with E-state index in [1.54, 1.807) is 12.4 Å². The van der Waals surface area contributed by atoms with Crippen LogP contribution in [-0.4, -0.2) is 17.6 Å². The SMILES string of the molecule is CCOC(=O)c1ncsc1Nc1cccc(C)c1Br. The summed E-state index contributed by atoms with van der Waals surface area (Å²) in [6.07, 6.45) is 0. The number of thiazole rings is 1. The maximum atomic E-state index is 11.7. The first-order valence-electron chi connectivity index (χ1n) is 5.76. The maximum absolute atomic E-state index is 11.7. The highest BCUT2D eigenvalue weighted by molar-refractivity contribution is 9.10. The van der Waals surface area contributed by atoms with Crippen molar-refractivity contribution in [3.63, 3.8) is 0 Å². The molecule has 0 saturated heterocycles. The van der Waals surface area contributed by atoms with Crippen molar-refractivity contribution in [2.45, 2.75) is 13.8 Å². The van der Waals surface area contributed by atoms with Gasteiger partial charge in [0.15, 0.2) is 5.69 Å². The first-order valence-corrected chi connectivity index (χ1v) is 7.43. The van der Waals surface area contributed by atoms with E-state index < -0.39 is 5.97 Å². The summed E-state index contributed by atoms with van der Waals surface area (Å²) in [5.41, 5.74) is 3.96. The van der Waals surface area contributed by atoms with Crippen LogP contribution in [-0.2, 0) is 4.74 Å². The highest BCUT2D eigenvalue weighted by Gasteiger charge is 2.17. The van der Waals surface area contributed by atoms with Gasteiger partial charge in [-0.15, -0.1) is 11.3 Å². The van der Waals surface area contributed by atoms with Crippen molar-refractivity contribution < 1.29 is 9.53 Å². The Bertz CT molecular complexity index is 598. The minimum atomic E-state index is -0.407. The highest BCUT2D eigenvalue weighted by atomic mass is 79.9. The Hall–Kier alpha value is -1.40. The molecule has 6 heteroatoms. The number of anilines is 2. The lowest BCUT2D eigenvalue weighted by Crippen LogP contribution is -2.07. The van der Waals surface area contributed by atoms with Crippen molar-refractivity contribution >= 4 is 43.9 Å². The monoisotopic (exact) mass is 340 g/mol. The summed E-state index contributed by atoms with van der Waals surface area (Å²) >= 11 is 4.89. The first-order chi connectivity index (χ1) is 9.13. The number of aromatic nitrogens is 1. The number of carbonyl (C=O) groups excluding carboxylic acids is 1. The summed E-state index contributed by atoms with van der Waals surface area (Å²) in [5, 5.41) is 3.89. The Labute approximate surface area is 124 Å². The number of hydrogen-bond acceptors (Lipinski definition) is 5. The van der Waals surface area contributed by atoms with E-state index in [4.69, 9.17) is 4.74 Å². The van der Waals surface area contributed by atoms with Crippen LogP contribution in [0.25, 0.3) is 0 Å².